The highest BCUT2D eigenvalue weighted by Gasteiger charge is 2.26. The number of amides is 1. The van der Waals surface area contributed by atoms with E-state index in [2.05, 4.69) is 4.98 Å². The first kappa shape index (κ1) is 24.8. The quantitative estimate of drug-likeness (QED) is 0.763. The molecule has 0 radical (unpaired) electrons. The van der Waals surface area contributed by atoms with Gasteiger partial charge in [-0.2, -0.15) is 5.26 Å². The fourth-order valence-electron chi connectivity index (χ4n) is 2.80. The number of pyridine rings is 1. The fourth-order valence-corrected chi connectivity index (χ4v) is 2.80. The van der Waals surface area contributed by atoms with Crippen LogP contribution in [0.4, 0.5) is 13.6 Å². The number of rotatable bonds is 4. The average Bonchev–Trinajstić information content (AvgIpc) is 3.24. The number of aliphatic hydroxyl groups excluding tert-OH is 1. The van der Waals surface area contributed by atoms with Gasteiger partial charge in [-0.3, -0.25) is 0 Å². The maximum absolute atomic E-state index is 14.2. The molecule has 0 aliphatic carbocycles. The Morgan fingerprint density at radius 3 is 2.56 bits per heavy atom. The Bertz CT molecular complexity index is 1040. The number of hydrogen-bond acceptors (Lipinski definition) is 6. The minimum Gasteiger partial charge on any atom is -0.484 e. The van der Waals surface area contributed by atoms with Crippen LogP contribution in [-0.2, 0) is 11.3 Å². The molecule has 7 nitrogen and oxygen atoms in total. The van der Waals surface area contributed by atoms with Crippen LogP contribution in [0.15, 0.2) is 36.4 Å². The molecule has 0 fully saturated rings. The van der Waals surface area contributed by atoms with Crippen molar-refractivity contribution in [2.45, 2.75) is 33.0 Å². The third-order valence-electron chi connectivity index (χ3n) is 4.24. The van der Waals surface area contributed by atoms with Gasteiger partial charge in [0.25, 0.3) is 0 Å². The Labute approximate surface area is 185 Å². The van der Waals surface area contributed by atoms with Gasteiger partial charge in [-0.05, 0) is 56.7 Å². The Balaban J connectivity index is 0.00000176. The molecular weight excluding hydrogens is 420 g/mol. The van der Waals surface area contributed by atoms with Gasteiger partial charge in [-0.25, -0.2) is 18.6 Å². The Morgan fingerprint density at radius 1 is 1.22 bits per heavy atom. The highest BCUT2D eigenvalue weighted by atomic mass is 19.1. The molecule has 0 bridgehead atoms. The molecule has 1 aliphatic rings. The van der Waals surface area contributed by atoms with Gasteiger partial charge < -0.3 is 19.5 Å². The summed E-state index contributed by atoms with van der Waals surface area (Å²) in [7, 11) is 1.00. The first-order chi connectivity index (χ1) is 15.2. The second-order valence-corrected chi connectivity index (χ2v) is 7.76. The zero-order valence-electron chi connectivity index (χ0n) is 18.4. The maximum Gasteiger partial charge on any atom is 0.410 e. The zero-order valence-corrected chi connectivity index (χ0v) is 18.4. The second-order valence-electron chi connectivity index (χ2n) is 7.76. The van der Waals surface area contributed by atoms with Crippen LogP contribution in [0.5, 0.6) is 5.75 Å². The van der Waals surface area contributed by atoms with Crippen molar-refractivity contribution < 1.29 is 28.2 Å². The SMILES string of the molecule is CC(C)(C)OC(=O)N1CC=C(c2ccc(F)c(COc3ccc(C#N)cc3F)n2)C1.CO. The lowest BCUT2D eigenvalue weighted by molar-refractivity contribution is 0.0306. The van der Waals surface area contributed by atoms with E-state index in [0.29, 0.717) is 12.2 Å². The fraction of sp³-hybridized carbons (Fsp3) is 0.348. The molecule has 1 aliphatic heterocycles. The van der Waals surface area contributed by atoms with Gasteiger partial charge in [-0.1, -0.05) is 6.08 Å². The molecule has 2 aromatic rings. The second kappa shape index (κ2) is 10.7. The molecule has 9 heteroatoms. The number of hydrogen-bond donors (Lipinski definition) is 1. The number of aromatic nitrogens is 1. The summed E-state index contributed by atoms with van der Waals surface area (Å²) in [6.07, 6.45) is 1.39. The molecule has 0 unspecified atom stereocenters. The lowest BCUT2D eigenvalue weighted by Gasteiger charge is -2.24. The molecule has 0 atom stereocenters. The van der Waals surface area contributed by atoms with E-state index in [-0.39, 0.29) is 30.2 Å². The Morgan fingerprint density at radius 2 is 1.94 bits per heavy atom. The van der Waals surface area contributed by atoms with Gasteiger partial charge in [0.05, 0.1) is 23.9 Å². The largest absolute Gasteiger partial charge is 0.484 e. The van der Waals surface area contributed by atoms with Crippen LogP contribution < -0.4 is 4.74 Å². The molecule has 1 amide bonds. The number of aliphatic hydroxyl groups is 1. The van der Waals surface area contributed by atoms with E-state index in [1.807, 2.05) is 12.1 Å². The molecule has 1 aromatic heterocycles. The van der Waals surface area contributed by atoms with Crippen LogP contribution in [0.1, 0.15) is 37.7 Å². The van der Waals surface area contributed by atoms with Crippen molar-refractivity contribution in [2.24, 2.45) is 0 Å². The third kappa shape index (κ3) is 6.49. The van der Waals surface area contributed by atoms with Gasteiger partial charge in [0.15, 0.2) is 11.6 Å². The maximum atomic E-state index is 14.2. The highest BCUT2D eigenvalue weighted by Crippen LogP contribution is 2.24. The van der Waals surface area contributed by atoms with E-state index >= 15 is 0 Å². The minimum absolute atomic E-state index is 0.00729. The summed E-state index contributed by atoms with van der Waals surface area (Å²) >= 11 is 0. The van der Waals surface area contributed by atoms with Gasteiger partial charge in [0.1, 0.15) is 23.7 Å². The van der Waals surface area contributed by atoms with Gasteiger partial charge in [0, 0.05) is 13.7 Å². The van der Waals surface area contributed by atoms with Crippen molar-refractivity contribution >= 4 is 11.7 Å². The summed E-state index contributed by atoms with van der Waals surface area (Å²) in [4.78, 5) is 18.0. The normalized spacial score (nSPS) is 12.9. The number of carbonyl (C=O) groups is 1. The molecule has 1 aromatic carbocycles. The average molecular weight is 445 g/mol. The lowest BCUT2D eigenvalue weighted by atomic mass is 10.1. The number of nitriles is 1. The topological polar surface area (TPSA) is 95.7 Å². The summed E-state index contributed by atoms with van der Waals surface area (Å²) in [6.45, 7) is 5.74. The Kier molecular flexibility index (Phi) is 8.27. The third-order valence-corrected chi connectivity index (χ3v) is 4.24. The molecule has 0 spiro atoms. The molecule has 0 saturated carbocycles. The van der Waals surface area contributed by atoms with Crippen LogP contribution in [0.25, 0.3) is 5.57 Å². The first-order valence-corrected chi connectivity index (χ1v) is 9.76. The van der Waals surface area contributed by atoms with E-state index < -0.39 is 23.3 Å². The molecule has 0 saturated heterocycles. The van der Waals surface area contributed by atoms with Crippen LogP contribution in [0, 0.1) is 23.0 Å². The van der Waals surface area contributed by atoms with E-state index in [0.717, 1.165) is 18.7 Å². The van der Waals surface area contributed by atoms with Crippen molar-refractivity contribution in [1.29, 1.82) is 5.26 Å². The van der Waals surface area contributed by atoms with Gasteiger partial charge >= 0.3 is 6.09 Å². The lowest BCUT2D eigenvalue weighted by Crippen LogP contribution is -2.35. The predicted molar refractivity (Wildman–Crippen MR) is 114 cm³/mol. The molecule has 170 valence electrons. The number of benzene rings is 1. The summed E-state index contributed by atoms with van der Waals surface area (Å²) in [5.74, 6) is -1.40. The smallest absolute Gasteiger partial charge is 0.410 e. The van der Waals surface area contributed by atoms with Crippen LogP contribution in [0.3, 0.4) is 0 Å². The highest BCUT2D eigenvalue weighted by molar-refractivity contribution is 5.76. The summed E-state index contributed by atoms with van der Waals surface area (Å²) in [6, 6.07) is 8.37. The van der Waals surface area contributed by atoms with Crippen molar-refractivity contribution in [3.63, 3.8) is 0 Å². The van der Waals surface area contributed by atoms with Crippen molar-refractivity contribution in [3.05, 3.63) is 65.0 Å². The molecule has 2 heterocycles. The molecule has 32 heavy (non-hydrogen) atoms. The van der Waals surface area contributed by atoms with Crippen LogP contribution in [0.2, 0.25) is 0 Å². The number of nitrogens with zero attached hydrogens (tertiary/aromatic N) is 3. The summed E-state index contributed by atoms with van der Waals surface area (Å²) in [5.41, 5.74) is 0.828. The van der Waals surface area contributed by atoms with Gasteiger partial charge in [-0.15, -0.1) is 0 Å². The molecular formula is C23H25F2N3O4. The molecule has 1 N–H and O–H groups in total. The summed E-state index contributed by atoms with van der Waals surface area (Å²) in [5, 5.41) is 15.8. The van der Waals surface area contributed by atoms with Crippen molar-refractivity contribution in [2.75, 3.05) is 20.2 Å². The Hall–Kier alpha value is -3.51. The first-order valence-electron chi connectivity index (χ1n) is 9.76. The number of halogens is 2. The van der Waals surface area contributed by atoms with Crippen molar-refractivity contribution in [1.82, 2.24) is 9.88 Å². The number of ether oxygens (including phenoxy) is 2. The monoisotopic (exact) mass is 445 g/mol. The number of carbonyl (C=O) groups excluding carboxylic acids is 1. The van der Waals surface area contributed by atoms with Crippen molar-refractivity contribution in [3.8, 4) is 11.8 Å². The zero-order chi connectivity index (χ0) is 23.9. The van der Waals surface area contributed by atoms with E-state index in [1.165, 1.54) is 29.2 Å². The van der Waals surface area contributed by atoms with Gasteiger partial charge in [0.2, 0.25) is 0 Å². The predicted octanol–water partition coefficient (Wildman–Crippen LogP) is 4.05. The van der Waals surface area contributed by atoms with Crippen LogP contribution >= 0.6 is 0 Å². The molecule has 3 rings (SSSR count). The minimum atomic E-state index is -0.711. The van der Waals surface area contributed by atoms with E-state index in [4.69, 9.17) is 19.8 Å². The summed E-state index contributed by atoms with van der Waals surface area (Å²) < 4.78 is 38.8. The van der Waals surface area contributed by atoms with E-state index in [9.17, 15) is 13.6 Å². The van der Waals surface area contributed by atoms with E-state index in [1.54, 1.807) is 20.8 Å². The standard InChI is InChI=1S/C22H21F2N3O3.CH4O/c1-22(2,3)30-21(28)27-9-8-15(12-27)18-6-5-16(23)19(26-18)13-29-20-7-4-14(11-25)10-17(20)24;1-2/h4-8,10H,9,12-13H2,1-3H3;2H,1H3. The van der Waals surface area contributed by atoms with Crippen LogP contribution in [-0.4, -0.2) is 46.9 Å².